The van der Waals surface area contributed by atoms with Gasteiger partial charge >= 0.3 is 11.9 Å². The highest BCUT2D eigenvalue weighted by Crippen LogP contribution is 2.38. The third kappa shape index (κ3) is 15.6. The molecule has 0 radical (unpaired) electrons. The molecular weight excluding hydrogens is 959 g/mol. The molecule has 16 atom stereocenters. The summed E-state index contributed by atoms with van der Waals surface area (Å²) >= 11 is 0. The standard InChI is InChI=1S/C56H87NO17/c1-32-17-13-12-14-18-33(2)47(61)38(7)49(63)50(71-11)48(62)36(5)25-34(3)42(60)29-45(35(4)26-39-21-23-43(46(27-39)70-10)73-54(67)55(8,30-58)31-59)72-53(66)41-19-15-16-24-57(41)52(65)51(64)56(68)37(6)20-22-40(74-56)28-44(32)69-9/h12-14,17-18,25,33-35,37-41,43-48,50,58-59,61-62,68H,15-16,19-24,26-31H2,1-11H3/b13-12+,18-14-,32-17+,36-25+. The Bertz CT molecular complexity index is 2050. The van der Waals surface area contributed by atoms with Crippen molar-refractivity contribution in [1.82, 2.24) is 4.90 Å². The molecule has 5 N–H and O–H groups in total. The molecule has 1 aliphatic carbocycles. The molecule has 1 amide bonds. The number of methoxy groups -OCH3 is 3. The van der Waals surface area contributed by atoms with E-state index in [-0.39, 0.29) is 43.1 Å². The molecule has 18 heteroatoms. The van der Waals surface area contributed by atoms with E-state index in [4.69, 9.17) is 28.4 Å². The number of allylic oxidation sites excluding steroid dienone is 5. The summed E-state index contributed by atoms with van der Waals surface area (Å²) in [5.41, 5.74) is -0.422. The van der Waals surface area contributed by atoms with E-state index in [2.05, 4.69) is 0 Å². The van der Waals surface area contributed by atoms with Gasteiger partial charge in [0.05, 0.1) is 37.6 Å². The Morgan fingerprint density at radius 1 is 0.865 bits per heavy atom. The van der Waals surface area contributed by atoms with Crippen LogP contribution in [0, 0.1) is 40.9 Å². The zero-order valence-corrected chi connectivity index (χ0v) is 45.6. The summed E-state index contributed by atoms with van der Waals surface area (Å²) in [6.45, 7) is 12.1. The summed E-state index contributed by atoms with van der Waals surface area (Å²) < 4.78 is 35.3. The first-order valence-electron chi connectivity index (χ1n) is 26.5. The van der Waals surface area contributed by atoms with Crippen LogP contribution in [0.5, 0.6) is 0 Å². The third-order valence-electron chi connectivity index (χ3n) is 16.2. The maximum atomic E-state index is 14.5. The summed E-state index contributed by atoms with van der Waals surface area (Å²) in [7, 11) is 4.32. The van der Waals surface area contributed by atoms with Gasteiger partial charge in [0, 0.05) is 64.4 Å². The lowest BCUT2D eigenvalue weighted by atomic mass is 9.78. The van der Waals surface area contributed by atoms with Crippen molar-refractivity contribution in [3.8, 4) is 0 Å². The minimum Gasteiger partial charge on any atom is -0.460 e. The van der Waals surface area contributed by atoms with Crippen LogP contribution in [0.25, 0.3) is 0 Å². The highest BCUT2D eigenvalue weighted by Gasteiger charge is 2.53. The van der Waals surface area contributed by atoms with E-state index in [1.807, 2.05) is 19.9 Å². The SMILES string of the molecule is COC1CC2CCC(C)C(O)(O2)C(=O)C(=O)N2CCCCC2C(=O)OC(C(C)CC2CCC(OC(=O)C(C)(CO)CO)C(OC)C2)CC(=O)C(C)/C=C(\C)C(O)C(OC)C(=O)C(C)C(O)C(C)\C=C/C=C/C=C/1C. The number of hydrogen-bond acceptors (Lipinski definition) is 17. The lowest BCUT2D eigenvalue weighted by Gasteiger charge is -2.42. The molecule has 18 nitrogen and oxygen atoms in total. The van der Waals surface area contributed by atoms with E-state index in [0.29, 0.717) is 51.4 Å². The molecule has 0 aromatic heterocycles. The fourth-order valence-corrected chi connectivity index (χ4v) is 10.6. The van der Waals surface area contributed by atoms with E-state index in [1.54, 1.807) is 58.9 Å². The number of ether oxygens (including phenoxy) is 6. The van der Waals surface area contributed by atoms with Gasteiger partial charge in [0.15, 0.2) is 5.78 Å². The predicted molar refractivity (Wildman–Crippen MR) is 273 cm³/mol. The number of cyclic esters (lactones) is 1. The van der Waals surface area contributed by atoms with Crippen molar-refractivity contribution in [2.45, 2.75) is 187 Å². The molecule has 4 aliphatic rings. The van der Waals surface area contributed by atoms with E-state index < -0.39 is 138 Å². The number of aliphatic hydroxyl groups is 5. The number of carbonyl (C=O) groups excluding carboxylic acids is 6. The summed E-state index contributed by atoms with van der Waals surface area (Å²) in [6, 6.07) is -1.22. The van der Waals surface area contributed by atoms with Crippen LogP contribution in [0.3, 0.4) is 0 Å². The number of rotatable bonds is 10. The monoisotopic (exact) mass is 1050 g/mol. The molecule has 74 heavy (non-hydrogen) atoms. The van der Waals surface area contributed by atoms with Gasteiger partial charge < -0.3 is 58.9 Å². The van der Waals surface area contributed by atoms with Crippen molar-refractivity contribution in [2.75, 3.05) is 41.1 Å². The number of amides is 1. The number of esters is 2. The number of Topliss-reactive ketones (excluding diaryl/α,β-unsaturated/α-hetero) is 3. The predicted octanol–water partition coefficient (Wildman–Crippen LogP) is 4.69. The molecule has 1 saturated carbocycles. The Labute approximate surface area is 437 Å². The molecule has 3 aliphatic heterocycles. The number of piperidine rings is 1. The molecule has 2 bridgehead atoms. The molecule has 16 unspecified atom stereocenters. The summed E-state index contributed by atoms with van der Waals surface area (Å²) in [6.07, 6.45) is 6.79. The number of nitrogens with zero attached hydrogens (tertiary/aromatic N) is 1. The summed E-state index contributed by atoms with van der Waals surface area (Å²) in [5, 5.41) is 54.4. The topological polar surface area (TPSA) is 262 Å². The van der Waals surface area contributed by atoms with Crippen LogP contribution in [-0.4, -0.2) is 167 Å². The average Bonchev–Trinajstić information content (AvgIpc) is 3.39. The minimum absolute atomic E-state index is 0.0306. The molecule has 418 valence electrons. The van der Waals surface area contributed by atoms with Crippen LogP contribution in [0.15, 0.2) is 47.6 Å². The largest absolute Gasteiger partial charge is 0.460 e. The number of carbonyl (C=O) groups is 6. The Kier molecular flexibility index (Phi) is 24.0. The molecule has 0 spiro atoms. The zero-order chi connectivity index (χ0) is 55.2. The highest BCUT2D eigenvalue weighted by molar-refractivity contribution is 6.39. The van der Waals surface area contributed by atoms with Gasteiger partial charge in [0.25, 0.3) is 11.7 Å². The first-order valence-corrected chi connectivity index (χ1v) is 26.5. The lowest BCUT2D eigenvalue weighted by Crippen LogP contribution is -2.61. The Morgan fingerprint density at radius 2 is 1.55 bits per heavy atom. The van der Waals surface area contributed by atoms with Gasteiger partial charge in [0.1, 0.15) is 41.7 Å². The van der Waals surface area contributed by atoms with Crippen LogP contribution in [0.4, 0.5) is 0 Å². The zero-order valence-electron chi connectivity index (χ0n) is 45.6. The van der Waals surface area contributed by atoms with Gasteiger partial charge in [0.2, 0.25) is 5.79 Å². The van der Waals surface area contributed by atoms with Crippen molar-refractivity contribution in [1.29, 1.82) is 0 Å². The highest BCUT2D eigenvalue weighted by atomic mass is 16.6. The first kappa shape index (κ1) is 62.6. The van der Waals surface area contributed by atoms with Gasteiger partial charge in [-0.2, -0.15) is 0 Å². The summed E-state index contributed by atoms with van der Waals surface area (Å²) in [4.78, 5) is 85.5. The van der Waals surface area contributed by atoms with E-state index >= 15 is 0 Å². The van der Waals surface area contributed by atoms with Crippen molar-refractivity contribution < 1.29 is 82.7 Å². The molecule has 0 aromatic rings. The molecule has 3 fully saturated rings. The molecule has 2 saturated heterocycles. The lowest BCUT2D eigenvalue weighted by molar-refractivity contribution is -0.265. The average molecular weight is 1050 g/mol. The van der Waals surface area contributed by atoms with Crippen LogP contribution in [-0.2, 0) is 57.2 Å². The smallest absolute Gasteiger partial charge is 0.329 e. The first-order chi connectivity index (χ1) is 34.9. The van der Waals surface area contributed by atoms with Crippen molar-refractivity contribution >= 4 is 35.2 Å². The molecular formula is C56H87NO17. The Balaban J connectivity index is 1.71. The van der Waals surface area contributed by atoms with Crippen molar-refractivity contribution in [2.24, 2.45) is 40.9 Å². The third-order valence-corrected chi connectivity index (χ3v) is 16.2. The maximum Gasteiger partial charge on any atom is 0.329 e. The minimum atomic E-state index is -2.49. The second kappa shape index (κ2) is 28.4. The fourth-order valence-electron chi connectivity index (χ4n) is 10.6. The normalized spacial score (nSPS) is 38.1. The van der Waals surface area contributed by atoms with E-state index in [0.717, 1.165) is 10.5 Å². The van der Waals surface area contributed by atoms with Gasteiger partial charge in [-0.1, -0.05) is 71.1 Å². The number of fused-ring (bicyclic) bond motifs is 3. The second-order valence-electron chi connectivity index (χ2n) is 21.9. The van der Waals surface area contributed by atoms with Crippen LogP contribution in [0.1, 0.15) is 126 Å². The van der Waals surface area contributed by atoms with Crippen LogP contribution >= 0.6 is 0 Å². The fraction of sp³-hybridized carbons (Fsp3) is 0.750. The number of hydrogen-bond donors (Lipinski definition) is 5. The van der Waals surface area contributed by atoms with E-state index in [9.17, 15) is 54.3 Å². The van der Waals surface area contributed by atoms with Crippen molar-refractivity contribution in [3.05, 3.63) is 47.6 Å². The van der Waals surface area contributed by atoms with Gasteiger partial charge in [-0.15, -0.1) is 0 Å². The van der Waals surface area contributed by atoms with Crippen molar-refractivity contribution in [3.63, 3.8) is 0 Å². The van der Waals surface area contributed by atoms with Crippen LogP contribution < -0.4 is 0 Å². The Hall–Kier alpha value is -3.98. The molecule has 3 heterocycles. The quantitative estimate of drug-likeness (QED) is 0.113. The van der Waals surface area contributed by atoms with Gasteiger partial charge in [-0.25, -0.2) is 4.79 Å². The number of aliphatic hydroxyl groups excluding tert-OH is 4. The molecule has 4 rings (SSSR count). The van der Waals surface area contributed by atoms with Gasteiger partial charge in [-0.3, -0.25) is 24.0 Å². The Morgan fingerprint density at radius 3 is 2.19 bits per heavy atom. The molecule has 0 aromatic carbocycles. The maximum absolute atomic E-state index is 14.5. The summed E-state index contributed by atoms with van der Waals surface area (Å²) in [5.74, 6) is -10.8. The van der Waals surface area contributed by atoms with Crippen LogP contribution in [0.2, 0.25) is 0 Å². The van der Waals surface area contributed by atoms with E-state index in [1.165, 1.54) is 34.3 Å². The van der Waals surface area contributed by atoms with Gasteiger partial charge in [-0.05, 0) is 102 Å². The second-order valence-corrected chi connectivity index (χ2v) is 21.9. The number of ketones is 3.